The molecule has 0 spiro atoms. The molecule has 0 aromatic heterocycles. The lowest BCUT2D eigenvalue weighted by Gasteiger charge is -2.24. The number of hydrogen-bond acceptors (Lipinski definition) is 8. The predicted octanol–water partition coefficient (Wildman–Crippen LogP) is 0.822. The third-order valence-electron chi connectivity index (χ3n) is 5.00. The molecular formula is C19H28N4O6S. The molecule has 10 nitrogen and oxygen atoms in total. The Kier molecular flexibility index (Phi) is 7.64. The van der Waals surface area contributed by atoms with Gasteiger partial charge in [-0.05, 0) is 30.7 Å². The van der Waals surface area contributed by atoms with Gasteiger partial charge in [0.05, 0.1) is 50.1 Å². The lowest BCUT2D eigenvalue weighted by atomic mass is 10.2. The van der Waals surface area contributed by atoms with Gasteiger partial charge in [0.2, 0.25) is 10.0 Å². The highest BCUT2D eigenvalue weighted by Gasteiger charge is 2.42. The maximum atomic E-state index is 13.2. The summed E-state index contributed by atoms with van der Waals surface area (Å²) in [4.78, 5) is 12.2. The van der Waals surface area contributed by atoms with Gasteiger partial charge in [-0.15, -0.1) is 0 Å². The van der Waals surface area contributed by atoms with Crippen molar-refractivity contribution < 1.29 is 27.9 Å². The Balaban J connectivity index is 1.79. The highest BCUT2D eigenvalue weighted by atomic mass is 32.2. The van der Waals surface area contributed by atoms with Crippen molar-refractivity contribution in [3.8, 4) is 5.75 Å². The summed E-state index contributed by atoms with van der Waals surface area (Å²) in [7, 11) is -3.98. The maximum Gasteiger partial charge on any atom is 0.262 e. The number of unbranched alkanes of at least 4 members (excludes halogenated alkanes) is 1. The first kappa shape index (κ1) is 22.5. The molecule has 0 unspecified atom stereocenters. The van der Waals surface area contributed by atoms with Crippen LogP contribution < -0.4 is 10.2 Å². The van der Waals surface area contributed by atoms with Gasteiger partial charge < -0.3 is 9.47 Å². The first-order chi connectivity index (χ1) is 14.5. The number of sulfonamides is 1. The Morgan fingerprint density at radius 3 is 2.63 bits per heavy atom. The van der Waals surface area contributed by atoms with E-state index in [2.05, 4.69) is 12.0 Å². The van der Waals surface area contributed by atoms with E-state index >= 15 is 0 Å². The largest absolute Gasteiger partial charge is 0.494 e. The molecule has 166 valence electrons. The number of nitrogens with zero attached hydrogens (tertiary/aromatic N) is 3. The van der Waals surface area contributed by atoms with Crippen LogP contribution in [0.5, 0.6) is 5.75 Å². The molecule has 3 rings (SSSR count). The van der Waals surface area contributed by atoms with Crippen molar-refractivity contribution in [2.45, 2.75) is 37.1 Å². The van der Waals surface area contributed by atoms with Crippen LogP contribution in [0.25, 0.3) is 0 Å². The molecule has 11 heteroatoms. The summed E-state index contributed by atoms with van der Waals surface area (Å²) in [5, 5.41) is 15.4. The molecule has 0 radical (unpaired) electrons. The van der Waals surface area contributed by atoms with Crippen LogP contribution in [0.1, 0.15) is 26.2 Å². The zero-order chi connectivity index (χ0) is 21.6. The van der Waals surface area contributed by atoms with Crippen LogP contribution in [0.2, 0.25) is 0 Å². The van der Waals surface area contributed by atoms with Crippen LogP contribution in [-0.2, 0) is 19.6 Å². The summed E-state index contributed by atoms with van der Waals surface area (Å²) < 4.78 is 38.4. The van der Waals surface area contributed by atoms with E-state index in [1.54, 1.807) is 17.6 Å². The first-order valence-corrected chi connectivity index (χ1v) is 11.5. The van der Waals surface area contributed by atoms with Crippen molar-refractivity contribution in [2.75, 3.05) is 39.5 Å². The summed E-state index contributed by atoms with van der Waals surface area (Å²) in [5.41, 5.74) is 2.13. The van der Waals surface area contributed by atoms with E-state index in [0.717, 1.165) is 17.1 Å². The number of benzene rings is 1. The number of carbonyl (C=O) groups is 1. The van der Waals surface area contributed by atoms with Crippen molar-refractivity contribution in [1.29, 1.82) is 0 Å². The summed E-state index contributed by atoms with van der Waals surface area (Å²) in [6, 6.07) is 5.05. The number of hydroxylamine groups is 1. The monoisotopic (exact) mass is 440 g/mol. The second kappa shape index (κ2) is 10.2. The fourth-order valence-electron chi connectivity index (χ4n) is 3.33. The van der Waals surface area contributed by atoms with Crippen LogP contribution in [0.3, 0.4) is 0 Å². The molecule has 1 aromatic rings. The van der Waals surface area contributed by atoms with Crippen LogP contribution in [-0.4, -0.2) is 80.1 Å². The molecule has 1 aromatic carbocycles. The number of ether oxygens (including phenoxy) is 2. The van der Waals surface area contributed by atoms with Gasteiger partial charge in [-0.25, -0.2) is 13.9 Å². The van der Waals surface area contributed by atoms with E-state index in [9.17, 15) is 13.2 Å². The maximum absolute atomic E-state index is 13.2. The number of amides is 1. The average molecular weight is 441 g/mol. The molecule has 2 N–H and O–H groups in total. The molecule has 2 aliphatic heterocycles. The van der Waals surface area contributed by atoms with Gasteiger partial charge in [0, 0.05) is 6.42 Å². The fourth-order valence-corrected chi connectivity index (χ4v) is 4.91. The van der Waals surface area contributed by atoms with Crippen LogP contribution >= 0.6 is 0 Å². The molecule has 2 fully saturated rings. The SMILES string of the molecule is CCCCOc1ccc(S(=O)(=O)N2C/C(=N\N3CCOCC3)C[C@@H]2C(=O)NO)cc1. The molecule has 0 saturated carbocycles. The quantitative estimate of drug-likeness (QED) is 0.349. The van der Waals surface area contributed by atoms with Gasteiger partial charge in [-0.1, -0.05) is 13.3 Å². The number of hydrogen-bond donors (Lipinski definition) is 2. The van der Waals surface area contributed by atoms with E-state index in [1.165, 1.54) is 12.1 Å². The van der Waals surface area contributed by atoms with Gasteiger partial charge >= 0.3 is 0 Å². The molecule has 30 heavy (non-hydrogen) atoms. The van der Waals surface area contributed by atoms with Crippen LogP contribution in [0.4, 0.5) is 0 Å². The summed E-state index contributed by atoms with van der Waals surface area (Å²) in [5.74, 6) is -0.201. The minimum absolute atomic E-state index is 0.0213. The van der Waals surface area contributed by atoms with Gasteiger partial charge in [0.1, 0.15) is 11.8 Å². The molecule has 1 amide bonds. The normalized spacial score (nSPS) is 21.7. The first-order valence-electron chi connectivity index (χ1n) is 10.0. The number of nitrogens with one attached hydrogen (secondary N) is 1. The van der Waals surface area contributed by atoms with Crippen molar-refractivity contribution >= 4 is 21.6 Å². The third kappa shape index (κ3) is 5.28. The standard InChI is InChI=1S/C19H28N4O6S/c1-2-3-10-29-16-4-6-17(7-5-16)30(26,27)23-14-15(13-18(23)19(24)21-25)20-22-8-11-28-12-9-22/h4-7,18,25H,2-3,8-14H2,1H3,(H,21,24)/b20-15-/t18-/m1/s1. The lowest BCUT2D eigenvalue weighted by molar-refractivity contribution is -0.132. The predicted molar refractivity (Wildman–Crippen MR) is 109 cm³/mol. The van der Waals surface area contributed by atoms with E-state index in [0.29, 0.717) is 44.4 Å². The van der Waals surface area contributed by atoms with Crippen molar-refractivity contribution in [2.24, 2.45) is 5.10 Å². The summed E-state index contributed by atoms with van der Waals surface area (Å²) in [6.07, 6.45) is 2.03. The number of hydrazone groups is 1. The highest BCUT2D eigenvalue weighted by Crippen LogP contribution is 2.27. The topological polar surface area (TPSA) is 121 Å². The van der Waals surface area contributed by atoms with Crippen molar-refractivity contribution in [3.05, 3.63) is 24.3 Å². The molecule has 0 bridgehead atoms. The Bertz CT molecular complexity index is 852. The minimum Gasteiger partial charge on any atom is -0.494 e. The average Bonchev–Trinajstić information content (AvgIpc) is 3.19. The number of carbonyl (C=O) groups excluding carboxylic acids is 1. The highest BCUT2D eigenvalue weighted by molar-refractivity contribution is 7.89. The second-order valence-corrected chi connectivity index (χ2v) is 9.04. The van der Waals surface area contributed by atoms with Gasteiger partial charge in [0.15, 0.2) is 0 Å². The Morgan fingerprint density at radius 1 is 1.30 bits per heavy atom. The zero-order valence-corrected chi connectivity index (χ0v) is 17.8. The van der Waals surface area contributed by atoms with Crippen LogP contribution in [0.15, 0.2) is 34.3 Å². The van der Waals surface area contributed by atoms with Gasteiger partial charge in [0.25, 0.3) is 5.91 Å². The minimum atomic E-state index is -3.98. The zero-order valence-electron chi connectivity index (χ0n) is 17.0. The summed E-state index contributed by atoms with van der Waals surface area (Å²) in [6.45, 7) is 4.91. The Labute approximate surface area is 176 Å². The molecule has 1 atom stereocenters. The van der Waals surface area contributed by atoms with Crippen molar-refractivity contribution in [1.82, 2.24) is 14.8 Å². The Morgan fingerprint density at radius 2 is 2.00 bits per heavy atom. The Hall–Kier alpha value is -2.21. The summed E-state index contributed by atoms with van der Waals surface area (Å²) >= 11 is 0. The van der Waals surface area contributed by atoms with Crippen LogP contribution in [0, 0.1) is 0 Å². The van der Waals surface area contributed by atoms with Gasteiger partial charge in [-0.2, -0.15) is 9.41 Å². The lowest BCUT2D eigenvalue weighted by Crippen LogP contribution is -2.45. The fraction of sp³-hybridized carbons (Fsp3) is 0.579. The number of morpholine rings is 1. The number of rotatable bonds is 8. The molecule has 2 saturated heterocycles. The van der Waals surface area contributed by atoms with Crippen molar-refractivity contribution in [3.63, 3.8) is 0 Å². The second-order valence-electron chi connectivity index (χ2n) is 7.15. The van der Waals surface area contributed by atoms with E-state index in [1.807, 2.05) is 5.01 Å². The molecule has 0 aliphatic carbocycles. The molecule has 2 aliphatic rings. The smallest absolute Gasteiger partial charge is 0.262 e. The third-order valence-corrected chi connectivity index (χ3v) is 6.86. The molecule has 2 heterocycles. The molecular weight excluding hydrogens is 412 g/mol. The van der Waals surface area contributed by atoms with Gasteiger partial charge in [-0.3, -0.25) is 15.0 Å². The van der Waals surface area contributed by atoms with E-state index in [-0.39, 0.29) is 17.9 Å². The van der Waals surface area contributed by atoms with E-state index < -0.39 is 22.0 Å². The van der Waals surface area contributed by atoms with E-state index in [4.69, 9.17) is 14.7 Å².